The molecule has 1 aromatic rings. The molecule has 0 aliphatic rings. The Morgan fingerprint density at radius 3 is 1.87 bits per heavy atom. The van der Waals surface area contributed by atoms with E-state index in [-0.39, 0.29) is 30.9 Å². The molecule has 0 bridgehead atoms. The molecule has 14 nitrogen and oxygen atoms in total. The molecule has 4 amide bonds. The van der Waals surface area contributed by atoms with Crippen LogP contribution in [0, 0.1) is 5.92 Å². The number of amides is 4. The fourth-order valence-corrected chi connectivity index (χ4v) is 3.44. The topological polar surface area (TPSA) is 251 Å². The number of carboxylic acid groups (broad SMARTS) is 2. The molecule has 0 radical (unpaired) electrons. The lowest BCUT2D eigenvalue weighted by atomic mass is 10.0. The van der Waals surface area contributed by atoms with E-state index in [2.05, 4.69) is 16.0 Å². The van der Waals surface area contributed by atoms with Crippen LogP contribution in [0.2, 0.25) is 0 Å². The molecule has 38 heavy (non-hydrogen) atoms. The minimum atomic E-state index is -1.44. The van der Waals surface area contributed by atoms with E-state index in [1.54, 1.807) is 13.8 Å². The Labute approximate surface area is 219 Å². The SMILES string of the molecule is CC(C)CC(NC(=O)C(N)CC(N)=O)C(=O)NC(CCC(=O)O)C(=O)NC(Cc1ccc(O)cc1)C(=O)O. The van der Waals surface area contributed by atoms with Gasteiger partial charge in [0.15, 0.2) is 0 Å². The molecule has 0 spiro atoms. The number of carboxylic acids is 2. The maximum absolute atomic E-state index is 13.0. The van der Waals surface area contributed by atoms with Gasteiger partial charge in [-0.1, -0.05) is 26.0 Å². The van der Waals surface area contributed by atoms with Crippen molar-refractivity contribution in [3.63, 3.8) is 0 Å². The van der Waals surface area contributed by atoms with Gasteiger partial charge < -0.3 is 42.7 Å². The molecule has 0 saturated heterocycles. The molecule has 0 fully saturated rings. The van der Waals surface area contributed by atoms with Crippen molar-refractivity contribution in [2.24, 2.45) is 17.4 Å². The van der Waals surface area contributed by atoms with Crippen LogP contribution >= 0.6 is 0 Å². The fourth-order valence-electron chi connectivity index (χ4n) is 3.44. The number of phenolic OH excluding ortho intramolecular Hbond substituents is 1. The third kappa shape index (κ3) is 11.7. The first kappa shape index (κ1) is 31.8. The van der Waals surface area contributed by atoms with Crippen molar-refractivity contribution in [1.29, 1.82) is 0 Å². The van der Waals surface area contributed by atoms with E-state index in [0.717, 1.165) is 0 Å². The van der Waals surface area contributed by atoms with Crippen LogP contribution in [0.5, 0.6) is 5.75 Å². The minimum Gasteiger partial charge on any atom is -0.508 e. The van der Waals surface area contributed by atoms with Gasteiger partial charge in [0.25, 0.3) is 0 Å². The van der Waals surface area contributed by atoms with Gasteiger partial charge in [0, 0.05) is 12.8 Å². The third-order valence-electron chi connectivity index (χ3n) is 5.37. The molecule has 10 N–H and O–H groups in total. The van der Waals surface area contributed by atoms with E-state index in [0.29, 0.717) is 5.56 Å². The smallest absolute Gasteiger partial charge is 0.326 e. The number of rotatable bonds is 16. The van der Waals surface area contributed by atoms with Crippen LogP contribution in [-0.4, -0.2) is 75.1 Å². The number of nitrogens with one attached hydrogen (secondary N) is 3. The molecule has 4 unspecified atom stereocenters. The zero-order valence-corrected chi connectivity index (χ0v) is 21.2. The zero-order valence-electron chi connectivity index (χ0n) is 21.2. The number of hydrogen-bond donors (Lipinski definition) is 8. The second kappa shape index (κ2) is 15.1. The molecule has 210 valence electrons. The van der Waals surface area contributed by atoms with Gasteiger partial charge in [-0.05, 0) is 36.5 Å². The van der Waals surface area contributed by atoms with Gasteiger partial charge in [0.2, 0.25) is 23.6 Å². The normalized spacial score (nSPS) is 14.0. The van der Waals surface area contributed by atoms with Gasteiger partial charge in [-0.3, -0.25) is 24.0 Å². The Morgan fingerprint density at radius 1 is 0.842 bits per heavy atom. The van der Waals surface area contributed by atoms with Crippen LogP contribution in [0.3, 0.4) is 0 Å². The summed E-state index contributed by atoms with van der Waals surface area (Å²) in [4.78, 5) is 72.3. The summed E-state index contributed by atoms with van der Waals surface area (Å²) in [6, 6.07) is 0.299. The Balaban J connectivity index is 3.06. The van der Waals surface area contributed by atoms with Crippen LogP contribution in [0.25, 0.3) is 0 Å². The second-order valence-electron chi connectivity index (χ2n) is 9.23. The first-order chi connectivity index (χ1) is 17.7. The van der Waals surface area contributed by atoms with Crippen molar-refractivity contribution in [3.05, 3.63) is 29.8 Å². The van der Waals surface area contributed by atoms with Crippen molar-refractivity contribution in [1.82, 2.24) is 16.0 Å². The standard InChI is InChI=1S/C24H35N5O9/c1-12(2)9-17(28-21(34)15(25)11-19(26)31)23(36)27-16(7-8-20(32)33)22(35)29-18(24(37)38)10-13-3-5-14(30)6-4-13/h3-6,12,15-18,30H,7-11,25H2,1-2H3,(H2,26,31)(H,27,36)(H,28,34)(H,29,35)(H,32,33)(H,37,38). The first-order valence-electron chi connectivity index (χ1n) is 11.9. The molecule has 14 heteroatoms. The molecule has 0 aromatic heterocycles. The lowest BCUT2D eigenvalue weighted by Crippen LogP contribution is -2.57. The van der Waals surface area contributed by atoms with E-state index in [4.69, 9.17) is 16.6 Å². The summed E-state index contributed by atoms with van der Waals surface area (Å²) < 4.78 is 0. The van der Waals surface area contributed by atoms with Gasteiger partial charge in [-0.15, -0.1) is 0 Å². The predicted octanol–water partition coefficient (Wildman–Crippen LogP) is -1.41. The highest BCUT2D eigenvalue weighted by molar-refractivity contribution is 5.95. The molecule has 4 atom stereocenters. The van der Waals surface area contributed by atoms with E-state index in [1.165, 1.54) is 24.3 Å². The van der Waals surface area contributed by atoms with Gasteiger partial charge in [0.05, 0.1) is 12.5 Å². The average molecular weight is 538 g/mol. The summed E-state index contributed by atoms with van der Waals surface area (Å²) in [5.74, 6) is -6.16. The number of benzene rings is 1. The number of carbonyl (C=O) groups excluding carboxylic acids is 4. The lowest BCUT2D eigenvalue weighted by molar-refractivity contribution is -0.143. The Morgan fingerprint density at radius 2 is 1.37 bits per heavy atom. The van der Waals surface area contributed by atoms with Crippen molar-refractivity contribution >= 4 is 35.6 Å². The quantitative estimate of drug-likeness (QED) is 0.122. The lowest BCUT2D eigenvalue weighted by Gasteiger charge is -2.26. The summed E-state index contributed by atoms with van der Waals surface area (Å²) in [6.07, 6.45) is -1.36. The van der Waals surface area contributed by atoms with E-state index in [9.17, 15) is 39.0 Å². The Kier molecular flexibility index (Phi) is 12.7. The summed E-state index contributed by atoms with van der Waals surface area (Å²) in [6.45, 7) is 3.54. The zero-order chi connectivity index (χ0) is 29.0. The van der Waals surface area contributed by atoms with Crippen molar-refractivity contribution < 1.29 is 44.1 Å². The molecule has 0 saturated carbocycles. The van der Waals surface area contributed by atoms with Gasteiger partial charge in [-0.25, -0.2) is 4.79 Å². The van der Waals surface area contributed by atoms with Crippen LogP contribution in [0.4, 0.5) is 0 Å². The Bertz CT molecular complexity index is 1010. The molecule has 0 heterocycles. The van der Waals surface area contributed by atoms with Crippen molar-refractivity contribution in [3.8, 4) is 5.75 Å². The van der Waals surface area contributed by atoms with Crippen LogP contribution in [-0.2, 0) is 35.2 Å². The van der Waals surface area contributed by atoms with Crippen LogP contribution in [0.15, 0.2) is 24.3 Å². The molecular weight excluding hydrogens is 502 g/mol. The summed E-state index contributed by atoms with van der Waals surface area (Å²) in [5, 5.41) is 35.2. The average Bonchev–Trinajstić information content (AvgIpc) is 2.80. The van der Waals surface area contributed by atoms with Crippen molar-refractivity contribution in [2.75, 3.05) is 0 Å². The van der Waals surface area contributed by atoms with Gasteiger partial charge in [-0.2, -0.15) is 0 Å². The molecule has 0 aliphatic carbocycles. The molecule has 0 aliphatic heterocycles. The number of phenols is 1. The summed E-state index contributed by atoms with van der Waals surface area (Å²) in [5.41, 5.74) is 11.2. The van der Waals surface area contributed by atoms with Gasteiger partial charge >= 0.3 is 11.9 Å². The molecule has 1 rings (SSSR count). The number of carbonyl (C=O) groups is 6. The summed E-state index contributed by atoms with van der Waals surface area (Å²) in [7, 11) is 0. The van der Waals surface area contributed by atoms with Gasteiger partial charge in [0.1, 0.15) is 23.9 Å². The fraction of sp³-hybridized carbons (Fsp3) is 0.500. The number of aliphatic carboxylic acids is 2. The maximum Gasteiger partial charge on any atom is 0.326 e. The minimum absolute atomic E-state index is 0.0280. The highest BCUT2D eigenvalue weighted by atomic mass is 16.4. The number of primary amides is 1. The van der Waals surface area contributed by atoms with E-state index < -0.39 is 72.6 Å². The van der Waals surface area contributed by atoms with E-state index in [1.807, 2.05) is 0 Å². The summed E-state index contributed by atoms with van der Waals surface area (Å²) >= 11 is 0. The highest BCUT2D eigenvalue weighted by Gasteiger charge is 2.31. The highest BCUT2D eigenvalue weighted by Crippen LogP contribution is 2.12. The second-order valence-corrected chi connectivity index (χ2v) is 9.23. The largest absolute Gasteiger partial charge is 0.508 e. The molecular formula is C24H35N5O9. The first-order valence-corrected chi connectivity index (χ1v) is 11.9. The maximum atomic E-state index is 13.0. The van der Waals surface area contributed by atoms with Crippen molar-refractivity contribution in [2.45, 2.75) is 70.1 Å². The number of aromatic hydroxyl groups is 1. The molecule has 1 aromatic carbocycles. The number of hydrogen-bond acceptors (Lipinski definition) is 8. The number of nitrogens with two attached hydrogens (primary N) is 2. The van der Waals surface area contributed by atoms with Crippen LogP contribution in [0.1, 0.15) is 45.1 Å². The monoisotopic (exact) mass is 537 g/mol. The van der Waals surface area contributed by atoms with E-state index >= 15 is 0 Å². The third-order valence-corrected chi connectivity index (χ3v) is 5.37. The predicted molar refractivity (Wildman–Crippen MR) is 133 cm³/mol. The van der Waals surface area contributed by atoms with Crippen LogP contribution < -0.4 is 27.4 Å². The Hall–Kier alpha value is -4.20.